The summed E-state index contributed by atoms with van der Waals surface area (Å²) < 4.78 is 5.90. The van der Waals surface area contributed by atoms with Crippen molar-refractivity contribution in [2.75, 3.05) is 6.61 Å². The van der Waals surface area contributed by atoms with Crippen LogP contribution >= 0.6 is 0 Å². The predicted molar refractivity (Wildman–Crippen MR) is 269 cm³/mol. The number of nitrogens with one attached hydrogen (secondary N) is 1. The number of aliphatic hydroxyl groups is 2. The smallest absolute Gasteiger partial charge is 0.306 e. The van der Waals surface area contributed by atoms with E-state index in [1.807, 2.05) is 0 Å². The van der Waals surface area contributed by atoms with E-state index in [2.05, 4.69) is 74.7 Å². The van der Waals surface area contributed by atoms with Gasteiger partial charge in [0.25, 0.3) is 0 Å². The third-order valence-corrected chi connectivity index (χ3v) is 12.2. The maximum Gasteiger partial charge on any atom is 0.306 e. The van der Waals surface area contributed by atoms with Gasteiger partial charge in [0.2, 0.25) is 5.91 Å². The molecule has 0 saturated heterocycles. The van der Waals surface area contributed by atoms with Gasteiger partial charge in [0.05, 0.1) is 25.2 Å². The van der Waals surface area contributed by atoms with Gasteiger partial charge in [-0.3, -0.25) is 9.59 Å². The lowest BCUT2D eigenvalue weighted by atomic mass is 10.0. The Morgan fingerprint density at radius 3 is 1.27 bits per heavy atom. The monoisotopic (exact) mass is 870 g/mol. The van der Waals surface area contributed by atoms with E-state index in [4.69, 9.17) is 4.74 Å². The molecule has 0 radical (unpaired) electrons. The maximum atomic E-state index is 13.2. The van der Waals surface area contributed by atoms with Gasteiger partial charge < -0.3 is 20.3 Å². The maximum absolute atomic E-state index is 13.2. The fraction of sp³-hybridized carbons (Fsp3) is 0.821. The van der Waals surface area contributed by atoms with Crippen LogP contribution in [0.2, 0.25) is 0 Å². The van der Waals surface area contributed by atoms with Crippen LogP contribution in [0.15, 0.2) is 48.6 Å². The third kappa shape index (κ3) is 44.4. The van der Waals surface area contributed by atoms with E-state index in [1.165, 1.54) is 154 Å². The molecule has 3 N–H and O–H groups in total. The highest BCUT2D eigenvalue weighted by Crippen LogP contribution is 2.17. The van der Waals surface area contributed by atoms with Gasteiger partial charge in [0, 0.05) is 6.42 Å². The third-order valence-electron chi connectivity index (χ3n) is 12.2. The van der Waals surface area contributed by atoms with Gasteiger partial charge >= 0.3 is 5.97 Å². The summed E-state index contributed by atoms with van der Waals surface area (Å²) in [6, 6.07) is -0.717. The number of ether oxygens (including phenoxy) is 1. The Balaban J connectivity index is 4.60. The largest absolute Gasteiger partial charge is 0.462 e. The van der Waals surface area contributed by atoms with Crippen molar-refractivity contribution in [3.05, 3.63) is 48.6 Å². The van der Waals surface area contributed by atoms with E-state index in [0.717, 1.165) is 70.6 Å². The number of unbranched alkanes of at least 4 members (excludes halogenated alkanes) is 28. The van der Waals surface area contributed by atoms with E-state index >= 15 is 0 Å². The first-order valence-corrected chi connectivity index (χ1v) is 26.9. The highest BCUT2D eigenvalue weighted by molar-refractivity contribution is 5.77. The van der Waals surface area contributed by atoms with E-state index in [0.29, 0.717) is 19.3 Å². The second kappa shape index (κ2) is 49.8. The van der Waals surface area contributed by atoms with Crippen molar-refractivity contribution in [1.82, 2.24) is 5.32 Å². The minimum absolute atomic E-state index is 0.0423. The zero-order valence-corrected chi connectivity index (χ0v) is 41.3. The van der Waals surface area contributed by atoms with Crippen molar-refractivity contribution in [3.8, 4) is 0 Å². The molecular formula is C56H103NO5. The molecule has 6 nitrogen and oxygen atoms in total. The second-order valence-electron chi connectivity index (χ2n) is 18.3. The molecule has 0 spiro atoms. The molecule has 0 bridgehead atoms. The molecule has 3 atom stereocenters. The minimum atomic E-state index is -0.801. The molecule has 0 heterocycles. The molecule has 0 fully saturated rings. The summed E-state index contributed by atoms with van der Waals surface area (Å²) in [6.07, 6.45) is 60.3. The van der Waals surface area contributed by atoms with Gasteiger partial charge in [-0.1, -0.05) is 243 Å². The SMILES string of the molecule is CCCCC/C=C\C/C=C\C/C=C\C/C=C\CCCC(CC(=O)NC(CO)C(O)CCCCCCCCCCCCCCCCCC)OC(=O)CCCCCCCCCCCC. The normalized spacial score (nSPS) is 13.6. The Kier molecular flexibility index (Phi) is 48.1. The number of rotatable bonds is 48. The number of aliphatic hydroxyl groups excluding tert-OH is 2. The summed E-state index contributed by atoms with van der Waals surface area (Å²) >= 11 is 0. The summed E-state index contributed by atoms with van der Waals surface area (Å²) in [5.41, 5.74) is 0. The summed E-state index contributed by atoms with van der Waals surface area (Å²) in [7, 11) is 0. The Morgan fingerprint density at radius 2 is 0.839 bits per heavy atom. The first-order chi connectivity index (χ1) is 30.5. The molecule has 0 aromatic carbocycles. The summed E-state index contributed by atoms with van der Waals surface area (Å²) in [6.45, 7) is 6.44. The first kappa shape index (κ1) is 59.8. The van der Waals surface area contributed by atoms with Crippen LogP contribution in [0.5, 0.6) is 0 Å². The quantitative estimate of drug-likeness (QED) is 0.0322. The van der Waals surface area contributed by atoms with E-state index in [-0.39, 0.29) is 24.9 Å². The molecule has 0 aromatic heterocycles. The minimum Gasteiger partial charge on any atom is -0.462 e. The lowest BCUT2D eigenvalue weighted by Crippen LogP contribution is -2.46. The Bertz CT molecular complexity index is 1070. The van der Waals surface area contributed by atoms with E-state index in [9.17, 15) is 19.8 Å². The first-order valence-electron chi connectivity index (χ1n) is 26.9. The number of esters is 1. The van der Waals surface area contributed by atoms with Gasteiger partial charge in [-0.05, 0) is 64.2 Å². The molecule has 0 aliphatic carbocycles. The molecule has 0 aliphatic rings. The van der Waals surface area contributed by atoms with Crippen LogP contribution in [0, 0.1) is 0 Å². The van der Waals surface area contributed by atoms with Crippen molar-refractivity contribution in [3.63, 3.8) is 0 Å². The summed E-state index contributed by atoms with van der Waals surface area (Å²) in [5.74, 6) is -0.521. The Labute approximate surface area is 385 Å². The number of carbonyl (C=O) groups excluding carboxylic acids is 2. The van der Waals surface area contributed by atoms with Crippen LogP contribution in [-0.4, -0.2) is 46.9 Å². The van der Waals surface area contributed by atoms with Crippen LogP contribution in [-0.2, 0) is 14.3 Å². The van der Waals surface area contributed by atoms with Crippen molar-refractivity contribution < 1.29 is 24.5 Å². The van der Waals surface area contributed by atoms with E-state index < -0.39 is 18.2 Å². The molecule has 6 heteroatoms. The molecule has 0 aliphatic heterocycles. The predicted octanol–water partition coefficient (Wildman–Crippen LogP) is 16.2. The van der Waals surface area contributed by atoms with Gasteiger partial charge in [0.1, 0.15) is 6.10 Å². The van der Waals surface area contributed by atoms with Crippen LogP contribution in [0.25, 0.3) is 0 Å². The van der Waals surface area contributed by atoms with E-state index in [1.54, 1.807) is 0 Å². The average Bonchev–Trinajstić information content (AvgIpc) is 3.26. The van der Waals surface area contributed by atoms with Crippen molar-refractivity contribution >= 4 is 11.9 Å². The molecule has 0 rings (SSSR count). The van der Waals surface area contributed by atoms with Crippen LogP contribution in [0.1, 0.15) is 271 Å². The Hall–Kier alpha value is -2.18. The van der Waals surface area contributed by atoms with Gasteiger partial charge in [-0.25, -0.2) is 0 Å². The van der Waals surface area contributed by atoms with Crippen LogP contribution in [0.3, 0.4) is 0 Å². The molecule has 3 unspecified atom stereocenters. The lowest BCUT2D eigenvalue weighted by molar-refractivity contribution is -0.151. The highest BCUT2D eigenvalue weighted by atomic mass is 16.5. The molecule has 62 heavy (non-hydrogen) atoms. The second-order valence-corrected chi connectivity index (χ2v) is 18.3. The van der Waals surface area contributed by atoms with Gasteiger partial charge in [-0.2, -0.15) is 0 Å². The van der Waals surface area contributed by atoms with Gasteiger partial charge in [-0.15, -0.1) is 0 Å². The molecular weight excluding hydrogens is 767 g/mol. The van der Waals surface area contributed by atoms with Crippen molar-refractivity contribution in [2.45, 2.75) is 289 Å². The molecule has 362 valence electrons. The number of amides is 1. The standard InChI is InChI=1S/C56H103NO5/c1-4-7-10-13-16-19-22-24-26-28-29-31-33-35-38-41-44-47-52(62-56(61)49-46-43-40-37-21-18-15-12-9-6-3)50-55(60)57-53(51-58)54(59)48-45-42-39-36-34-32-30-27-25-23-20-17-14-11-8-5-2/h16,19,24,26,29,31,35,38,52-54,58-59H,4-15,17-18,20-23,25,27-28,30,32-34,36-37,39-51H2,1-3H3,(H,57,60)/b19-16-,26-24-,31-29-,38-35-. The molecule has 0 saturated carbocycles. The van der Waals surface area contributed by atoms with Crippen LogP contribution in [0.4, 0.5) is 0 Å². The van der Waals surface area contributed by atoms with Crippen LogP contribution < -0.4 is 5.32 Å². The average molecular weight is 870 g/mol. The Morgan fingerprint density at radius 1 is 0.468 bits per heavy atom. The number of allylic oxidation sites excluding steroid dienone is 8. The number of hydrogen-bond acceptors (Lipinski definition) is 5. The zero-order chi connectivity index (χ0) is 45.2. The van der Waals surface area contributed by atoms with Crippen molar-refractivity contribution in [2.24, 2.45) is 0 Å². The zero-order valence-electron chi connectivity index (χ0n) is 41.3. The number of hydrogen-bond donors (Lipinski definition) is 3. The summed E-state index contributed by atoms with van der Waals surface area (Å²) in [5, 5.41) is 23.8. The topological polar surface area (TPSA) is 95.9 Å². The number of carbonyl (C=O) groups is 2. The fourth-order valence-electron chi connectivity index (χ4n) is 8.07. The summed E-state index contributed by atoms with van der Waals surface area (Å²) in [4.78, 5) is 26.1. The fourth-order valence-corrected chi connectivity index (χ4v) is 8.07. The highest BCUT2D eigenvalue weighted by Gasteiger charge is 2.24. The van der Waals surface area contributed by atoms with Gasteiger partial charge in [0.15, 0.2) is 0 Å². The molecule has 1 amide bonds. The molecule has 0 aromatic rings. The van der Waals surface area contributed by atoms with Crippen molar-refractivity contribution in [1.29, 1.82) is 0 Å². The lowest BCUT2D eigenvalue weighted by Gasteiger charge is -2.24.